The van der Waals surface area contributed by atoms with Gasteiger partial charge in [-0.25, -0.2) is 9.07 Å². The molecule has 120 valence electrons. The molecular formula is C17H18FN3O2. The lowest BCUT2D eigenvalue weighted by atomic mass is 10.1. The van der Waals surface area contributed by atoms with Gasteiger partial charge < -0.3 is 14.8 Å². The van der Waals surface area contributed by atoms with Crippen LogP contribution in [0.1, 0.15) is 22.9 Å². The van der Waals surface area contributed by atoms with Crippen LogP contribution in [-0.4, -0.2) is 36.6 Å². The maximum absolute atomic E-state index is 13.9. The first-order chi connectivity index (χ1) is 11.1. The van der Waals surface area contributed by atoms with Gasteiger partial charge in [0.2, 0.25) is 5.88 Å². The van der Waals surface area contributed by atoms with Gasteiger partial charge in [0.1, 0.15) is 18.0 Å². The molecular weight excluding hydrogens is 297 g/mol. The fraction of sp³-hybridized carbons (Fsp3) is 0.353. The van der Waals surface area contributed by atoms with Gasteiger partial charge in [0.05, 0.1) is 18.0 Å². The van der Waals surface area contributed by atoms with Gasteiger partial charge in [0.15, 0.2) is 0 Å². The average molecular weight is 315 g/mol. The van der Waals surface area contributed by atoms with Crippen LogP contribution in [0.5, 0.6) is 5.88 Å². The van der Waals surface area contributed by atoms with E-state index in [2.05, 4.69) is 16.3 Å². The van der Waals surface area contributed by atoms with Crippen LogP contribution < -0.4 is 10.1 Å². The molecule has 1 saturated heterocycles. The fourth-order valence-corrected chi connectivity index (χ4v) is 2.43. The van der Waals surface area contributed by atoms with Crippen molar-refractivity contribution in [2.75, 3.05) is 26.9 Å². The third kappa shape index (κ3) is 3.21. The quantitative estimate of drug-likeness (QED) is 0.503. The molecule has 1 aromatic carbocycles. The number of terminal acetylenes is 1. The molecule has 2 heterocycles. The molecule has 23 heavy (non-hydrogen) atoms. The van der Waals surface area contributed by atoms with E-state index in [4.69, 9.17) is 15.9 Å². The van der Waals surface area contributed by atoms with Crippen molar-refractivity contribution in [2.45, 2.75) is 13.0 Å². The van der Waals surface area contributed by atoms with Crippen molar-refractivity contribution in [3.8, 4) is 23.9 Å². The van der Waals surface area contributed by atoms with E-state index in [0.29, 0.717) is 30.3 Å². The normalized spacial score (nSPS) is 16.2. The average Bonchev–Trinajstić information content (AvgIpc) is 3.32. The molecule has 5 nitrogen and oxygen atoms in total. The predicted molar refractivity (Wildman–Crippen MR) is 84.3 cm³/mol. The van der Waals surface area contributed by atoms with Gasteiger partial charge in [-0.2, -0.15) is 0 Å². The summed E-state index contributed by atoms with van der Waals surface area (Å²) in [6.45, 7) is 3.49. The highest BCUT2D eigenvalue weighted by Crippen LogP contribution is 2.28. The van der Waals surface area contributed by atoms with E-state index < -0.39 is 0 Å². The zero-order valence-corrected chi connectivity index (χ0v) is 13.1. The van der Waals surface area contributed by atoms with Crippen LogP contribution >= 0.6 is 0 Å². The van der Waals surface area contributed by atoms with Gasteiger partial charge in [-0.05, 0) is 30.7 Å². The van der Waals surface area contributed by atoms with Crippen molar-refractivity contribution < 1.29 is 13.9 Å². The Labute approximate surface area is 134 Å². The van der Waals surface area contributed by atoms with Crippen LogP contribution in [0.25, 0.3) is 5.69 Å². The number of hydrogen-bond donors (Lipinski definition) is 1. The molecule has 1 N–H and O–H groups in total. The molecule has 2 aromatic rings. The van der Waals surface area contributed by atoms with Crippen molar-refractivity contribution in [1.29, 1.82) is 0 Å². The third-order valence-corrected chi connectivity index (χ3v) is 3.71. The first-order valence-corrected chi connectivity index (χ1v) is 7.36. The lowest BCUT2D eigenvalue weighted by molar-refractivity contribution is 0.143. The smallest absolute Gasteiger partial charge is 0.249 e. The summed E-state index contributed by atoms with van der Waals surface area (Å²) >= 11 is 0. The molecule has 1 aliphatic rings. The van der Waals surface area contributed by atoms with E-state index in [1.165, 1.54) is 12.1 Å². The molecule has 1 aliphatic heterocycles. The molecule has 3 rings (SSSR count). The number of benzene rings is 1. The van der Waals surface area contributed by atoms with Crippen molar-refractivity contribution in [3.05, 3.63) is 40.8 Å². The molecule has 1 atom stereocenters. The number of hydrogen-bond acceptors (Lipinski definition) is 4. The topological polar surface area (TPSA) is 58.2 Å². The van der Waals surface area contributed by atoms with Crippen LogP contribution in [0.15, 0.2) is 18.2 Å². The number of rotatable bonds is 6. The Hall–Kier alpha value is -2.36. The van der Waals surface area contributed by atoms with Crippen molar-refractivity contribution >= 4 is 0 Å². The number of halogens is 1. The first-order valence-electron chi connectivity index (χ1n) is 7.36. The summed E-state index contributed by atoms with van der Waals surface area (Å²) in [5.41, 5.74) is 2.83. The zero-order valence-electron chi connectivity index (χ0n) is 13.1. The molecule has 6 heteroatoms. The maximum atomic E-state index is 13.9. The Kier molecular flexibility index (Phi) is 4.33. The SMILES string of the molecule is C#Cc1c(OCCOC)nn(-c2cc(F)cc(C3CN3)c2)c1C. The minimum Gasteiger partial charge on any atom is -0.473 e. The van der Waals surface area contributed by atoms with Gasteiger partial charge in [-0.3, -0.25) is 0 Å². The Bertz CT molecular complexity index is 760. The lowest BCUT2D eigenvalue weighted by Crippen LogP contribution is -2.06. The molecule has 0 saturated carbocycles. The lowest BCUT2D eigenvalue weighted by Gasteiger charge is -2.07. The predicted octanol–water partition coefficient (Wildman–Crippen LogP) is 1.97. The van der Waals surface area contributed by atoms with Crippen molar-refractivity contribution in [3.63, 3.8) is 0 Å². The molecule has 0 bridgehead atoms. The van der Waals surface area contributed by atoms with Crippen LogP contribution in [0, 0.1) is 25.1 Å². The van der Waals surface area contributed by atoms with Gasteiger partial charge in [0, 0.05) is 19.7 Å². The second-order valence-corrected chi connectivity index (χ2v) is 5.37. The minimum absolute atomic E-state index is 0.213. The summed E-state index contributed by atoms with van der Waals surface area (Å²) in [6, 6.07) is 5.09. The van der Waals surface area contributed by atoms with Crippen molar-refractivity contribution in [2.24, 2.45) is 0 Å². The summed E-state index contributed by atoms with van der Waals surface area (Å²) in [5, 5.41) is 7.56. The maximum Gasteiger partial charge on any atom is 0.249 e. The van der Waals surface area contributed by atoms with Crippen molar-refractivity contribution in [1.82, 2.24) is 15.1 Å². The standard InChI is InChI=1S/C17H18FN3O2/c1-4-15-11(2)21(20-17(15)23-6-5-22-3)14-8-12(16-10-19-16)7-13(18)9-14/h1,7-9,16,19H,5-6,10H2,2-3H3. The van der Waals surface area contributed by atoms with E-state index >= 15 is 0 Å². The summed E-state index contributed by atoms with van der Waals surface area (Å²) < 4.78 is 26.1. The highest BCUT2D eigenvalue weighted by molar-refractivity contribution is 5.49. The molecule has 0 radical (unpaired) electrons. The number of nitrogens with zero attached hydrogens (tertiary/aromatic N) is 2. The minimum atomic E-state index is -0.301. The summed E-state index contributed by atoms with van der Waals surface area (Å²) in [6.07, 6.45) is 5.57. The fourth-order valence-electron chi connectivity index (χ4n) is 2.43. The highest BCUT2D eigenvalue weighted by atomic mass is 19.1. The molecule has 0 spiro atoms. The zero-order chi connectivity index (χ0) is 16.4. The largest absolute Gasteiger partial charge is 0.473 e. The van der Waals surface area contributed by atoms with Crippen LogP contribution in [0.2, 0.25) is 0 Å². The molecule has 1 fully saturated rings. The molecule has 1 aromatic heterocycles. The molecule has 0 aliphatic carbocycles. The van der Waals surface area contributed by atoms with Crippen LogP contribution in [0.3, 0.4) is 0 Å². The molecule has 0 amide bonds. The van der Waals surface area contributed by atoms with Gasteiger partial charge in [-0.15, -0.1) is 11.5 Å². The number of aromatic nitrogens is 2. The second-order valence-electron chi connectivity index (χ2n) is 5.37. The number of nitrogens with one attached hydrogen (secondary N) is 1. The Morgan fingerprint density at radius 3 is 2.87 bits per heavy atom. The Morgan fingerprint density at radius 1 is 1.43 bits per heavy atom. The first kappa shape index (κ1) is 15.5. The molecule has 1 unspecified atom stereocenters. The monoisotopic (exact) mass is 315 g/mol. The van der Waals surface area contributed by atoms with Gasteiger partial charge in [-0.1, -0.05) is 5.92 Å². The second kappa shape index (κ2) is 6.41. The third-order valence-electron chi connectivity index (χ3n) is 3.71. The van der Waals surface area contributed by atoms with E-state index in [-0.39, 0.29) is 11.9 Å². The highest BCUT2D eigenvalue weighted by Gasteiger charge is 2.24. The van der Waals surface area contributed by atoms with Crippen LogP contribution in [0.4, 0.5) is 4.39 Å². The van der Waals surface area contributed by atoms with E-state index in [1.54, 1.807) is 11.8 Å². The van der Waals surface area contributed by atoms with Crippen LogP contribution in [-0.2, 0) is 4.74 Å². The van der Waals surface area contributed by atoms with Gasteiger partial charge >= 0.3 is 0 Å². The van der Waals surface area contributed by atoms with Gasteiger partial charge in [0.25, 0.3) is 0 Å². The summed E-state index contributed by atoms with van der Waals surface area (Å²) in [5.74, 6) is 2.65. The van der Waals surface area contributed by atoms with E-state index in [1.807, 2.05) is 13.0 Å². The summed E-state index contributed by atoms with van der Waals surface area (Å²) in [7, 11) is 1.59. The van der Waals surface area contributed by atoms with E-state index in [0.717, 1.165) is 17.8 Å². The number of ether oxygens (including phenoxy) is 2. The number of methoxy groups -OCH3 is 1. The Morgan fingerprint density at radius 2 is 2.22 bits per heavy atom. The van der Waals surface area contributed by atoms with E-state index in [9.17, 15) is 4.39 Å². The Balaban J connectivity index is 1.98. The summed E-state index contributed by atoms with van der Waals surface area (Å²) in [4.78, 5) is 0.